The average molecular weight is 214 g/mol. The van der Waals surface area contributed by atoms with E-state index in [1.807, 2.05) is 13.8 Å². The lowest BCUT2D eigenvalue weighted by atomic mass is 10.2. The van der Waals surface area contributed by atoms with Gasteiger partial charge >= 0.3 is 0 Å². The van der Waals surface area contributed by atoms with Gasteiger partial charge in [0.25, 0.3) is 5.91 Å². The Bertz CT molecular complexity index is 352. The Balaban J connectivity index is 2.94. The number of nitrogens with two attached hydrogens (primary N) is 1. The summed E-state index contributed by atoms with van der Waals surface area (Å²) in [6.07, 6.45) is 1.37. The van der Waals surface area contributed by atoms with Gasteiger partial charge in [-0.25, -0.2) is 4.98 Å². The third kappa shape index (κ3) is 2.60. The quantitative estimate of drug-likeness (QED) is 0.782. The predicted octanol–water partition coefficient (Wildman–Crippen LogP) is 1.46. The van der Waals surface area contributed by atoms with E-state index in [0.717, 1.165) is 0 Å². The first-order chi connectivity index (χ1) is 6.50. The Morgan fingerprint density at radius 2 is 2.29 bits per heavy atom. The number of pyridine rings is 1. The third-order valence-electron chi connectivity index (χ3n) is 1.54. The molecule has 1 aromatic rings. The van der Waals surface area contributed by atoms with Crippen LogP contribution in [0.25, 0.3) is 0 Å². The summed E-state index contributed by atoms with van der Waals surface area (Å²) in [5, 5.41) is 3.02. The molecule has 1 aromatic heterocycles. The van der Waals surface area contributed by atoms with Gasteiger partial charge in [0.05, 0.1) is 10.6 Å². The van der Waals surface area contributed by atoms with Gasteiger partial charge in [0.1, 0.15) is 5.82 Å². The molecule has 0 aromatic carbocycles. The minimum Gasteiger partial charge on any atom is -0.384 e. The van der Waals surface area contributed by atoms with Crippen molar-refractivity contribution in [1.82, 2.24) is 10.3 Å². The van der Waals surface area contributed by atoms with Crippen molar-refractivity contribution in [3.8, 4) is 0 Å². The molecular formula is C9H12ClN3O. The molecule has 0 saturated carbocycles. The molecule has 4 nitrogen and oxygen atoms in total. The molecule has 0 aliphatic heterocycles. The summed E-state index contributed by atoms with van der Waals surface area (Å²) in [7, 11) is 0. The lowest BCUT2D eigenvalue weighted by Crippen LogP contribution is -2.30. The molecule has 0 bridgehead atoms. The molecule has 76 valence electrons. The summed E-state index contributed by atoms with van der Waals surface area (Å²) in [5.74, 6) is 0.0439. The Hall–Kier alpha value is -1.29. The van der Waals surface area contributed by atoms with E-state index in [4.69, 9.17) is 17.3 Å². The molecule has 0 aliphatic rings. The van der Waals surface area contributed by atoms with Crippen LogP contribution in [0.15, 0.2) is 12.3 Å². The Morgan fingerprint density at radius 1 is 1.64 bits per heavy atom. The highest BCUT2D eigenvalue weighted by Crippen LogP contribution is 2.16. The van der Waals surface area contributed by atoms with Crippen LogP contribution in [0.2, 0.25) is 5.02 Å². The Kier molecular flexibility index (Phi) is 3.30. The number of rotatable bonds is 2. The summed E-state index contributed by atoms with van der Waals surface area (Å²) in [6.45, 7) is 3.74. The number of anilines is 1. The molecular weight excluding hydrogens is 202 g/mol. The minimum atomic E-state index is -0.237. The molecule has 0 aliphatic carbocycles. The smallest absolute Gasteiger partial charge is 0.253 e. The highest BCUT2D eigenvalue weighted by Gasteiger charge is 2.11. The van der Waals surface area contributed by atoms with Crippen LogP contribution >= 0.6 is 11.6 Å². The summed E-state index contributed by atoms with van der Waals surface area (Å²) in [6, 6.07) is 1.52. The van der Waals surface area contributed by atoms with Gasteiger partial charge in [-0.2, -0.15) is 0 Å². The van der Waals surface area contributed by atoms with Crippen molar-refractivity contribution >= 4 is 23.3 Å². The Morgan fingerprint density at radius 3 is 2.86 bits per heavy atom. The van der Waals surface area contributed by atoms with Gasteiger partial charge in [-0.15, -0.1) is 0 Å². The first kappa shape index (κ1) is 10.8. The molecule has 1 heterocycles. The zero-order chi connectivity index (χ0) is 10.7. The maximum Gasteiger partial charge on any atom is 0.253 e. The van der Waals surface area contributed by atoms with Gasteiger partial charge in [-0.3, -0.25) is 4.79 Å². The van der Waals surface area contributed by atoms with E-state index >= 15 is 0 Å². The zero-order valence-electron chi connectivity index (χ0n) is 8.04. The second kappa shape index (κ2) is 4.28. The standard InChI is InChI=1S/C9H12ClN3O/c1-5(2)13-9(14)6-3-8(11)12-4-7(6)10/h3-5H,1-2H3,(H2,11,12)(H,13,14). The fourth-order valence-electron chi connectivity index (χ4n) is 0.969. The van der Waals surface area contributed by atoms with E-state index in [2.05, 4.69) is 10.3 Å². The van der Waals surface area contributed by atoms with Crippen molar-refractivity contribution in [3.05, 3.63) is 22.8 Å². The second-order valence-corrected chi connectivity index (χ2v) is 3.62. The maximum atomic E-state index is 11.5. The number of carbonyl (C=O) groups is 1. The largest absolute Gasteiger partial charge is 0.384 e. The van der Waals surface area contributed by atoms with Crippen molar-refractivity contribution in [2.75, 3.05) is 5.73 Å². The van der Waals surface area contributed by atoms with Crippen molar-refractivity contribution < 1.29 is 4.79 Å². The molecule has 0 fully saturated rings. The van der Waals surface area contributed by atoms with Crippen LogP contribution in [0.4, 0.5) is 5.82 Å². The number of halogens is 1. The van der Waals surface area contributed by atoms with Crippen LogP contribution < -0.4 is 11.1 Å². The highest BCUT2D eigenvalue weighted by molar-refractivity contribution is 6.33. The molecule has 14 heavy (non-hydrogen) atoms. The highest BCUT2D eigenvalue weighted by atomic mass is 35.5. The molecule has 0 spiro atoms. The van der Waals surface area contributed by atoms with E-state index < -0.39 is 0 Å². The third-order valence-corrected chi connectivity index (χ3v) is 1.84. The fraction of sp³-hybridized carbons (Fsp3) is 0.333. The molecule has 3 N–H and O–H groups in total. The molecule has 1 amide bonds. The SMILES string of the molecule is CC(C)NC(=O)c1cc(N)ncc1Cl. The summed E-state index contributed by atoms with van der Waals surface area (Å²) in [5.41, 5.74) is 5.80. The van der Waals surface area contributed by atoms with Crippen molar-refractivity contribution in [1.29, 1.82) is 0 Å². The number of nitrogens with zero attached hydrogens (tertiary/aromatic N) is 1. The van der Waals surface area contributed by atoms with Gasteiger partial charge in [-0.1, -0.05) is 11.6 Å². The van der Waals surface area contributed by atoms with Crippen LogP contribution in [-0.4, -0.2) is 16.9 Å². The van der Waals surface area contributed by atoms with E-state index in [1.165, 1.54) is 12.3 Å². The van der Waals surface area contributed by atoms with Crippen LogP contribution in [0.5, 0.6) is 0 Å². The average Bonchev–Trinajstić information content (AvgIpc) is 2.08. The van der Waals surface area contributed by atoms with Crippen LogP contribution in [-0.2, 0) is 0 Å². The van der Waals surface area contributed by atoms with Crippen molar-refractivity contribution in [2.24, 2.45) is 0 Å². The number of amides is 1. The molecule has 5 heteroatoms. The van der Waals surface area contributed by atoms with Crippen molar-refractivity contribution in [3.63, 3.8) is 0 Å². The molecule has 0 atom stereocenters. The summed E-state index contributed by atoms with van der Waals surface area (Å²) >= 11 is 5.80. The van der Waals surface area contributed by atoms with Crippen LogP contribution in [0.3, 0.4) is 0 Å². The van der Waals surface area contributed by atoms with E-state index in [1.54, 1.807) is 0 Å². The summed E-state index contributed by atoms with van der Waals surface area (Å²) < 4.78 is 0. The number of hydrogen-bond donors (Lipinski definition) is 2. The first-order valence-corrected chi connectivity index (χ1v) is 4.60. The molecule has 0 unspecified atom stereocenters. The molecule has 1 rings (SSSR count). The van der Waals surface area contributed by atoms with Gasteiger partial charge < -0.3 is 11.1 Å². The maximum absolute atomic E-state index is 11.5. The second-order valence-electron chi connectivity index (χ2n) is 3.22. The topological polar surface area (TPSA) is 68.0 Å². The number of nitrogens with one attached hydrogen (secondary N) is 1. The van der Waals surface area contributed by atoms with Crippen LogP contribution in [0, 0.1) is 0 Å². The van der Waals surface area contributed by atoms with Gasteiger partial charge in [0.15, 0.2) is 0 Å². The Labute approximate surface area is 87.5 Å². The van der Waals surface area contributed by atoms with E-state index in [-0.39, 0.29) is 17.8 Å². The fourth-order valence-corrected chi connectivity index (χ4v) is 1.16. The monoisotopic (exact) mass is 213 g/mol. The van der Waals surface area contributed by atoms with E-state index in [9.17, 15) is 4.79 Å². The number of aromatic nitrogens is 1. The van der Waals surface area contributed by atoms with Crippen molar-refractivity contribution in [2.45, 2.75) is 19.9 Å². The normalized spacial score (nSPS) is 10.3. The minimum absolute atomic E-state index is 0.0629. The van der Waals surface area contributed by atoms with Crippen LogP contribution in [0.1, 0.15) is 24.2 Å². The number of nitrogen functional groups attached to an aromatic ring is 1. The molecule has 0 radical (unpaired) electrons. The lowest BCUT2D eigenvalue weighted by Gasteiger charge is -2.09. The van der Waals surface area contributed by atoms with Gasteiger partial charge in [0.2, 0.25) is 0 Å². The zero-order valence-corrected chi connectivity index (χ0v) is 8.80. The van der Waals surface area contributed by atoms with E-state index in [0.29, 0.717) is 10.6 Å². The molecule has 0 saturated heterocycles. The first-order valence-electron chi connectivity index (χ1n) is 4.22. The lowest BCUT2D eigenvalue weighted by molar-refractivity contribution is 0.0943. The predicted molar refractivity (Wildman–Crippen MR) is 56.3 cm³/mol. The number of carbonyl (C=O) groups excluding carboxylic acids is 1. The number of hydrogen-bond acceptors (Lipinski definition) is 3. The van der Waals surface area contributed by atoms with Gasteiger partial charge in [-0.05, 0) is 19.9 Å². The van der Waals surface area contributed by atoms with Gasteiger partial charge in [0, 0.05) is 12.2 Å². The summed E-state index contributed by atoms with van der Waals surface area (Å²) in [4.78, 5) is 15.3.